The zero-order valence-electron chi connectivity index (χ0n) is 9.97. The Labute approximate surface area is 104 Å². The highest BCUT2D eigenvalue weighted by molar-refractivity contribution is 7.08. The second-order valence-corrected chi connectivity index (χ2v) is 4.92. The topological polar surface area (TPSA) is 55.7 Å². The Hall–Kier alpha value is -1.62. The molecule has 0 atom stereocenters. The van der Waals surface area contributed by atoms with E-state index in [0.29, 0.717) is 10.4 Å². The molecule has 0 unspecified atom stereocenters. The predicted molar refractivity (Wildman–Crippen MR) is 66.4 cm³/mol. The lowest BCUT2D eigenvalue weighted by Gasteiger charge is -2.05. The van der Waals surface area contributed by atoms with E-state index >= 15 is 0 Å². The second-order valence-electron chi connectivity index (χ2n) is 4.16. The predicted octanol–water partition coefficient (Wildman–Crippen LogP) is 2.60. The van der Waals surface area contributed by atoms with Gasteiger partial charge < -0.3 is 0 Å². The maximum absolute atomic E-state index is 12.3. The summed E-state index contributed by atoms with van der Waals surface area (Å²) in [6.45, 7) is 5.91. The summed E-state index contributed by atoms with van der Waals surface area (Å²) in [7, 11) is 0. The molecule has 88 valence electrons. The van der Waals surface area contributed by atoms with Crippen LogP contribution in [0.25, 0.3) is 0 Å². The van der Waals surface area contributed by atoms with Crippen LogP contribution in [0.2, 0.25) is 0 Å². The van der Waals surface area contributed by atoms with Crippen LogP contribution in [0.3, 0.4) is 0 Å². The number of aromatic nitrogens is 3. The molecule has 0 saturated heterocycles. The Morgan fingerprint density at radius 3 is 2.82 bits per heavy atom. The van der Waals surface area contributed by atoms with E-state index in [2.05, 4.69) is 14.6 Å². The fourth-order valence-electron chi connectivity index (χ4n) is 1.56. The number of hydrogen-bond acceptors (Lipinski definition) is 5. The molecule has 0 aliphatic heterocycles. The first kappa shape index (κ1) is 11.9. The highest BCUT2D eigenvalue weighted by Crippen LogP contribution is 2.23. The summed E-state index contributed by atoms with van der Waals surface area (Å²) in [5.74, 6) is 0.166. The van der Waals surface area contributed by atoms with Crippen molar-refractivity contribution < 1.29 is 4.79 Å². The van der Waals surface area contributed by atoms with Crippen LogP contribution in [0.15, 0.2) is 18.5 Å². The van der Waals surface area contributed by atoms with E-state index < -0.39 is 0 Å². The van der Waals surface area contributed by atoms with E-state index in [-0.39, 0.29) is 11.7 Å². The van der Waals surface area contributed by atoms with E-state index in [1.807, 2.05) is 26.8 Å². The summed E-state index contributed by atoms with van der Waals surface area (Å²) in [5.41, 5.74) is 2.32. The molecular formula is C12H13N3OS. The molecular weight excluding hydrogens is 234 g/mol. The van der Waals surface area contributed by atoms with E-state index in [9.17, 15) is 4.79 Å². The number of carbonyl (C=O) groups excluding carboxylic acids is 1. The summed E-state index contributed by atoms with van der Waals surface area (Å²) in [6, 6.07) is 1.83. The third kappa shape index (κ3) is 2.24. The molecule has 0 aliphatic rings. The zero-order chi connectivity index (χ0) is 12.4. The fraction of sp³-hybridized carbons (Fsp3) is 0.333. The molecule has 0 bridgehead atoms. The summed E-state index contributed by atoms with van der Waals surface area (Å²) in [6.07, 6.45) is 3.28. The molecule has 2 aromatic rings. The molecule has 0 aromatic carbocycles. The lowest BCUT2D eigenvalue weighted by atomic mass is 10.0. The van der Waals surface area contributed by atoms with Gasteiger partial charge in [0.1, 0.15) is 4.88 Å². The Kier molecular flexibility index (Phi) is 3.28. The van der Waals surface area contributed by atoms with Crippen molar-refractivity contribution in [2.24, 2.45) is 0 Å². The summed E-state index contributed by atoms with van der Waals surface area (Å²) >= 11 is 1.15. The highest BCUT2D eigenvalue weighted by atomic mass is 32.1. The van der Waals surface area contributed by atoms with Gasteiger partial charge in [0, 0.05) is 18.0 Å². The minimum absolute atomic E-state index is 0.0331. The van der Waals surface area contributed by atoms with Gasteiger partial charge in [0.2, 0.25) is 5.78 Å². The summed E-state index contributed by atoms with van der Waals surface area (Å²) < 4.78 is 3.87. The first-order valence-corrected chi connectivity index (χ1v) is 6.16. The van der Waals surface area contributed by atoms with E-state index in [1.165, 1.54) is 0 Å². The molecule has 17 heavy (non-hydrogen) atoms. The summed E-state index contributed by atoms with van der Waals surface area (Å²) in [4.78, 5) is 17.0. The third-order valence-electron chi connectivity index (χ3n) is 2.55. The molecule has 0 fully saturated rings. The molecule has 4 nitrogen and oxygen atoms in total. The van der Waals surface area contributed by atoms with Gasteiger partial charge in [-0.25, -0.2) is 0 Å². The molecule has 0 spiro atoms. The Morgan fingerprint density at radius 1 is 1.41 bits per heavy atom. The van der Waals surface area contributed by atoms with Gasteiger partial charge in [-0.3, -0.25) is 9.78 Å². The smallest absolute Gasteiger partial charge is 0.208 e. The molecule has 0 aliphatic carbocycles. The maximum atomic E-state index is 12.3. The number of nitrogens with zero attached hydrogens (tertiary/aromatic N) is 3. The van der Waals surface area contributed by atoms with Crippen molar-refractivity contribution in [2.75, 3.05) is 0 Å². The van der Waals surface area contributed by atoms with Crippen molar-refractivity contribution in [3.63, 3.8) is 0 Å². The molecule has 2 aromatic heterocycles. The van der Waals surface area contributed by atoms with Crippen LogP contribution in [-0.4, -0.2) is 20.4 Å². The van der Waals surface area contributed by atoms with E-state index in [0.717, 1.165) is 22.8 Å². The average molecular weight is 247 g/mol. The van der Waals surface area contributed by atoms with Crippen LogP contribution in [0.4, 0.5) is 0 Å². The van der Waals surface area contributed by atoms with Crippen molar-refractivity contribution in [2.45, 2.75) is 26.7 Å². The van der Waals surface area contributed by atoms with Crippen LogP contribution in [0.1, 0.15) is 46.3 Å². The van der Waals surface area contributed by atoms with Gasteiger partial charge in [-0.2, -0.15) is 0 Å². The van der Waals surface area contributed by atoms with Crippen LogP contribution in [0, 0.1) is 6.92 Å². The SMILES string of the molecule is Cc1ccncc1C(=O)c1snnc1C(C)C. The molecule has 2 rings (SSSR count). The number of rotatable bonds is 3. The lowest BCUT2D eigenvalue weighted by molar-refractivity contribution is 0.104. The van der Waals surface area contributed by atoms with Crippen LogP contribution in [-0.2, 0) is 0 Å². The summed E-state index contributed by atoms with van der Waals surface area (Å²) in [5, 5.41) is 4.02. The van der Waals surface area contributed by atoms with Gasteiger partial charge in [0.05, 0.1) is 5.69 Å². The molecule has 0 N–H and O–H groups in total. The van der Waals surface area contributed by atoms with Crippen LogP contribution in [0.5, 0.6) is 0 Å². The van der Waals surface area contributed by atoms with Crippen molar-refractivity contribution in [3.8, 4) is 0 Å². The minimum atomic E-state index is -0.0331. The molecule has 0 amide bonds. The van der Waals surface area contributed by atoms with Gasteiger partial charge >= 0.3 is 0 Å². The molecule has 0 saturated carbocycles. The Morgan fingerprint density at radius 2 is 2.18 bits per heavy atom. The Balaban J connectivity index is 2.45. The van der Waals surface area contributed by atoms with Gasteiger partial charge in [-0.15, -0.1) is 5.10 Å². The van der Waals surface area contributed by atoms with Crippen LogP contribution >= 0.6 is 11.5 Å². The standard InChI is InChI=1S/C12H13N3OS/c1-7(2)10-12(17-15-14-10)11(16)9-6-13-5-4-8(9)3/h4-7H,1-3H3. The third-order valence-corrected chi connectivity index (χ3v) is 3.29. The van der Waals surface area contributed by atoms with Crippen LogP contribution < -0.4 is 0 Å². The van der Waals surface area contributed by atoms with Gasteiger partial charge in [-0.1, -0.05) is 18.3 Å². The molecule has 0 radical (unpaired) electrons. The largest absolute Gasteiger partial charge is 0.287 e. The number of carbonyl (C=O) groups is 1. The van der Waals surface area contributed by atoms with Crippen molar-refractivity contribution in [1.29, 1.82) is 0 Å². The van der Waals surface area contributed by atoms with E-state index in [1.54, 1.807) is 12.4 Å². The van der Waals surface area contributed by atoms with Crippen molar-refractivity contribution in [3.05, 3.63) is 40.2 Å². The maximum Gasteiger partial charge on any atom is 0.208 e. The number of hydrogen-bond donors (Lipinski definition) is 0. The monoisotopic (exact) mass is 247 g/mol. The number of ketones is 1. The second kappa shape index (κ2) is 4.71. The van der Waals surface area contributed by atoms with Crippen molar-refractivity contribution in [1.82, 2.24) is 14.6 Å². The first-order valence-electron chi connectivity index (χ1n) is 5.38. The highest BCUT2D eigenvalue weighted by Gasteiger charge is 2.21. The van der Waals surface area contributed by atoms with Crippen molar-refractivity contribution >= 4 is 17.3 Å². The zero-order valence-corrected chi connectivity index (χ0v) is 10.8. The molecule has 5 heteroatoms. The normalized spacial score (nSPS) is 10.8. The van der Waals surface area contributed by atoms with Gasteiger partial charge in [0.15, 0.2) is 0 Å². The number of pyridine rings is 1. The fourth-order valence-corrected chi connectivity index (χ4v) is 2.33. The van der Waals surface area contributed by atoms with Gasteiger partial charge in [-0.05, 0) is 36.0 Å². The first-order chi connectivity index (χ1) is 8.11. The molecule has 2 heterocycles. The quantitative estimate of drug-likeness (QED) is 0.782. The number of aryl methyl sites for hydroxylation is 1. The minimum Gasteiger partial charge on any atom is -0.287 e. The van der Waals surface area contributed by atoms with E-state index in [4.69, 9.17) is 0 Å². The Bertz CT molecular complexity index is 548. The lowest BCUT2D eigenvalue weighted by Crippen LogP contribution is -2.06. The average Bonchev–Trinajstić information content (AvgIpc) is 2.77. The van der Waals surface area contributed by atoms with Gasteiger partial charge in [0.25, 0.3) is 0 Å².